The van der Waals surface area contributed by atoms with Crippen molar-refractivity contribution in [3.8, 4) is 0 Å². The quantitative estimate of drug-likeness (QED) is 0.341. The van der Waals surface area contributed by atoms with Crippen molar-refractivity contribution in [3.63, 3.8) is 0 Å². The van der Waals surface area contributed by atoms with Gasteiger partial charge in [-0.1, -0.05) is 60.8 Å². The molecule has 0 saturated heterocycles. The fraction of sp³-hybridized carbons (Fsp3) is 1.00. The lowest BCUT2D eigenvalue weighted by atomic mass is 10.2. The first-order valence-corrected chi connectivity index (χ1v) is 11.1. The molecule has 0 amide bonds. The maximum atomic E-state index is 13.9. The van der Waals surface area contributed by atoms with Gasteiger partial charge in [0.15, 0.2) is 0 Å². The Morgan fingerprint density at radius 1 is 0.714 bits per heavy atom. The molecule has 0 radical (unpaired) electrons. The average Bonchev–Trinajstić information content (AvgIpc) is 2.49. The molecule has 0 spiro atoms. The van der Waals surface area contributed by atoms with Crippen LogP contribution >= 0.6 is 7.37 Å². The lowest BCUT2D eigenvalue weighted by Gasteiger charge is -2.35. The number of hydrogen-bond acceptors (Lipinski definition) is 2. The number of rotatable bonds is 13. The van der Waals surface area contributed by atoms with Gasteiger partial charge in [0.1, 0.15) is 0 Å². The predicted octanol–water partition coefficient (Wildman–Crippen LogP) is 7.02. The Bertz CT molecular complexity index is 273. The fourth-order valence-corrected chi connectivity index (χ4v) is 7.22. The molecule has 0 aliphatic rings. The second-order valence-corrected chi connectivity index (χ2v) is 9.23. The minimum Gasteiger partial charge on any atom is -0.325 e. The van der Waals surface area contributed by atoms with E-state index >= 15 is 0 Å². The van der Waals surface area contributed by atoms with Gasteiger partial charge in [-0.05, 0) is 38.5 Å². The molecule has 128 valence electrons. The molecular weight excluding hydrogens is 279 g/mol. The van der Waals surface area contributed by atoms with Gasteiger partial charge in [0.2, 0.25) is 7.37 Å². The summed E-state index contributed by atoms with van der Waals surface area (Å²) in [4.78, 5) is 0. The van der Waals surface area contributed by atoms with Crippen LogP contribution in [0.3, 0.4) is 0 Å². The Kier molecular flexibility index (Phi) is 11.8. The van der Waals surface area contributed by atoms with Crippen molar-refractivity contribution in [3.05, 3.63) is 0 Å². The van der Waals surface area contributed by atoms with E-state index in [-0.39, 0.29) is 17.4 Å². The Morgan fingerprint density at radius 3 is 1.43 bits per heavy atom. The van der Waals surface area contributed by atoms with E-state index in [4.69, 9.17) is 4.52 Å². The van der Waals surface area contributed by atoms with Crippen LogP contribution in [-0.4, -0.2) is 17.4 Å². The van der Waals surface area contributed by atoms with Crippen LogP contribution < -0.4 is 0 Å². The normalized spacial score (nSPS) is 19.0. The summed E-state index contributed by atoms with van der Waals surface area (Å²) in [5.74, 6) is 0. The van der Waals surface area contributed by atoms with Gasteiger partial charge < -0.3 is 4.52 Å². The van der Waals surface area contributed by atoms with Gasteiger partial charge in [-0.15, -0.1) is 0 Å². The first kappa shape index (κ1) is 21.2. The van der Waals surface area contributed by atoms with Crippen LogP contribution in [0.15, 0.2) is 0 Å². The van der Waals surface area contributed by atoms with Gasteiger partial charge in [-0.3, -0.25) is 4.57 Å². The van der Waals surface area contributed by atoms with Crippen molar-refractivity contribution in [2.75, 3.05) is 0 Å². The van der Waals surface area contributed by atoms with Gasteiger partial charge in [-0.2, -0.15) is 0 Å². The Labute approximate surface area is 133 Å². The van der Waals surface area contributed by atoms with Gasteiger partial charge >= 0.3 is 0 Å². The summed E-state index contributed by atoms with van der Waals surface area (Å²) in [5, 5.41) is 0. The Hall–Kier alpha value is 0.190. The van der Waals surface area contributed by atoms with Crippen molar-refractivity contribution in [2.24, 2.45) is 0 Å². The minimum atomic E-state index is -2.58. The van der Waals surface area contributed by atoms with E-state index in [2.05, 4.69) is 41.5 Å². The van der Waals surface area contributed by atoms with Crippen molar-refractivity contribution in [1.29, 1.82) is 0 Å². The molecule has 0 bridgehead atoms. The predicted molar refractivity (Wildman–Crippen MR) is 95.7 cm³/mol. The number of hydrogen-bond donors (Lipinski definition) is 0. The second-order valence-electron chi connectivity index (χ2n) is 6.27. The van der Waals surface area contributed by atoms with E-state index in [9.17, 15) is 4.57 Å². The summed E-state index contributed by atoms with van der Waals surface area (Å²) in [6.07, 6.45) is 9.52. The molecule has 3 atom stereocenters. The molecule has 3 heteroatoms. The lowest BCUT2D eigenvalue weighted by Crippen LogP contribution is -2.24. The van der Waals surface area contributed by atoms with Crippen molar-refractivity contribution in [1.82, 2.24) is 0 Å². The topological polar surface area (TPSA) is 26.3 Å². The zero-order valence-electron chi connectivity index (χ0n) is 15.4. The minimum absolute atomic E-state index is 0.178. The summed E-state index contributed by atoms with van der Waals surface area (Å²) in [6.45, 7) is 13.1. The van der Waals surface area contributed by atoms with E-state index in [1.165, 1.54) is 0 Å². The lowest BCUT2D eigenvalue weighted by molar-refractivity contribution is 0.179. The highest BCUT2D eigenvalue weighted by atomic mass is 31.2. The summed E-state index contributed by atoms with van der Waals surface area (Å²) < 4.78 is 20.3. The maximum absolute atomic E-state index is 13.9. The molecule has 0 rings (SSSR count). The third-order valence-electron chi connectivity index (χ3n) is 4.58. The highest BCUT2D eigenvalue weighted by molar-refractivity contribution is 7.60. The Balaban J connectivity index is 5.34. The zero-order valence-corrected chi connectivity index (χ0v) is 16.3. The summed E-state index contributed by atoms with van der Waals surface area (Å²) in [7, 11) is -2.58. The second kappa shape index (κ2) is 11.7. The van der Waals surface area contributed by atoms with E-state index in [0.29, 0.717) is 0 Å². The van der Waals surface area contributed by atoms with Crippen molar-refractivity contribution >= 4 is 7.37 Å². The molecule has 0 heterocycles. The van der Waals surface area contributed by atoms with Crippen LogP contribution in [-0.2, 0) is 9.09 Å². The molecule has 2 nitrogen and oxygen atoms in total. The molecule has 0 aliphatic heterocycles. The smallest absolute Gasteiger partial charge is 0.209 e. The van der Waals surface area contributed by atoms with Gasteiger partial charge in [0.25, 0.3) is 0 Å². The molecule has 0 saturated carbocycles. The summed E-state index contributed by atoms with van der Waals surface area (Å²) in [5.41, 5.74) is 0.509. The molecule has 0 aromatic heterocycles. The third-order valence-corrected chi connectivity index (χ3v) is 8.49. The van der Waals surface area contributed by atoms with Gasteiger partial charge in [0.05, 0.1) is 6.10 Å². The highest BCUT2D eigenvalue weighted by Crippen LogP contribution is 2.62. The van der Waals surface area contributed by atoms with Crippen LogP contribution in [0.5, 0.6) is 0 Å². The molecule has 0 aliphatic carbocycles. The monoisotopic (exact) mass is 318 g/mol. The first-order chi connectivity index (χ1) is 10.0. The molecular formula is C18H39O2P. The van der Waals surface area contributed by atoms with Crippen LogP contribution in [0, 0.1) is 0 Å². The molecule has 0 N–H and O–H groups in total. The highest BCUT2D eigenvalue weighted by Gasteiger charge is 2.40. The molecule has 0 fully saturated rings. The maximum Gasteiger partial charge on any atom is 0.209 e. The van der Waals surface area contributed by atoms with E-state index in [1.54, 1.807) is 0 Å². The zero-order chi connectivity index (χ0) is 16.3. The van der Waals surface area contributed by atoms with Crippen molar-refractivity contribution in [2.45, 2.75) is 117 Å². The van der Waals surface area contributed by atoms with Gasteiger partial charge in [-0.25, -0.2) is 0 Å². The first-order valence-electron chi connectivity index (χ1n) is 9.31. The standard InChI is InChI=1S/C18H39O2P/c1-7-13-16(10-4)20-21(19,17(11-5)14-8-2)18(12-6)15-9-3/h16-18H,7-15H2,1-6H3. The summed E-state index contributed by atoms with van der Waals surface area (Å²) >= 11 is 0. The SMILES string of the molecule is CCCC(CC)OP(=O)(C(CC)CCC)C(CC)CCC. The third kappa shape index (κ3) is 6.45. The van der Waals surface area contributed by atoms with Crippen molar-refractivity contribution < 1.29 is 9.09 Å². The van der Waals surface area contributed by atoms with E-state index in [1.807, 2.05) is 0 Å². The molecule has 0 aromatic carbocycles. The molecule has 21 heavy (non-hydrogen) atoms. The Morgan fingerprint density at radius 2 is 1.14 bits per heavy atom. The van der Waals surface area contributed by atoms with Crippen LogP contribution in [0.1, 0.15) is 99.3 Å². The van der Waals surface area contributed by atoms with E-state index in [0.717, 1.165) is 57.8 Å². The van der Waals surface area contributed by atoms with Crippen LogP contribution in [0.4, 0.5) is 0 Å². The molecule has 0 aromatic rings. The molecule has 3 unspecified atom stereocenters. The average molecular weight is 318 g/mol. The summed E-state index contributed by atoms with van der Waals surface area (Å²) in [6, 6.07) is 0. The largest absolute Gasteiger partial charge is 0.325 e. The van der Waals surface area contributed by atoms with Crippen LogP contribution in [0.2, 0.25) is 0 Å². The van der Waals surface area contributed by atoms with Gasteiger partial charge in [0, 0.05) is 11.3 Å². The fourth-order valence-electron chi connectivity index (χ4n) is 3.30. The van der Waals surface area contributed by atoms with Crippen LogP contribution in [0.25, 0.3) is 0 Å². The van der Waals surface area contributed by atoms with E-state index < -0.39 is 7.37 Å².